The summed E-state index contributed by atoms with van der Waals surface area (Å²) in [5.41, 5.74) is 2.19. The summed E-state index contributed by atoms with van der Waals surface area (Å²) in [4.78, 5) is 10.5. The van der Waals surface area contributed by atoms with Crippen LogP contribution >= 0.6 is 0 Å². The van der Waals surface area contributed by atoms with Gasteiger partial charge in [0.15, 0.2) is 6.10 Å². The summed E-state index contributed by atoms with van der Waals surface area (Å²) in [7, 11) is 0. The lowest BCUT2D eigenvalue weighted by Gasteiger charge is -2.11. The number of carboxylic acid groups (broad SMARTS) is 1. The third-order valence-corrected chi connectivity index (χ3v) is 2.40. The monoisotopic (exact) mass is 238 g/mol. The van der Waals surface area contributed by atoms with Crippen molar-refractivity contribution in [3.8, 4) is 5.75 Å². The number of ether oxygens (including phenoxy) is 2. The van der Waals surface area contributed by atoms with E-state index in [0.29, 0.717) is 6.61 Å². The lowest BCUT2D eigenvalue weighted by atomic mass is 10.1. The Morgan fingerprint density at radius 1 is 1.35 bits per heavy atom. The van der Waals surface area contributed by atoms with Crippen LogP contribution in [-0.4, -0.2) is 30.4 Å². The first-order valence-corrected chi connectivity index (χ1v) is 5.55. The smallest absolute Gasteiger partial charge is 0.332 e. The van der Waals surface area contributed by atoms with Gasteiger partial charge in [0.1, 0.15) is 12.4 Å². The number of aliphatic carboxylic acids is 1. The second kappa shape index (κ2) is 6.25. The van der Waals surface area contributed by atoms with Gasteiger partial charge in [-0.05, 0) is 38.0 Å². The number of hydrogen-bond donors (Lipinski definition) is 1. The highest BCUT2D eigenvalue weighted by Crippen LogP contribution is 2.18. The molecule has 1 N–H and O–H groups in total. The molecule has 1 atom stereocenters. The fourth-order valence-electron chi connectivity index (χ4n) is 1.31. The highest BCUT2D eigenvalue weighted by molar-refractivity contribution is 5.71. The number of rotatable bonds is 6. The topological polar surface area (TPSA) is 55.8 Å². The van der Waals surface area contributed by atoms with Crippen molar-refractivity contribution in [2.24, 2.45) is 0 Å². The van der Waals surface area contributed by atoms with Crippen molar-refractivity contribution < 1.29 is 19.4 Å². The Morgan fingerprint density at radius 3 is 2.71 bits per heavy atom. The van der Waals surface area contributed by atoms with Gasteiger partial charge in [0.05, 0.1) is 6.61 Å². The van der Waals surface area contributed by atoms with Gasteiger partial charge < -0.3 is 14.6 Å². The van der Waals surface area contributed by atoms with Crippen molar-refractivity contribution in [2.75, 3.05) is 13.2 Å². The number of benzene rings is 1. The van der Waals surface area contributed by atoms with Crippen molar-refractivity contribution in [2.45, 2.75) is 26.9 Å². The molecule has 0 saturated heterocycles. The molecule has 1 rings (SSSR count). The average Bonchev–Trinajstić information content (AvgIpc) is 2.28. The third-order valence-electron chi connectivity index (χ3n) is 2.40. The van der Waals surface area contributed by atoms with Crippen LogP contribution in [0.5, 0.6) is 5.75 Å². The van der Waals surface area contributed by atoms with Crippen molar-refractivity contribution in [3.63, 3.8) is 0 Å². The van der Waals surface area contributed by atoms with Crippen LogP contribution in [-0.2, 0) is 9.53 Å². The van der Waals surface area contributed by atoms with Crippen LogP contribution in [0.1, 0.15) is 18.1 Å². The van der Waals surface area contributed by atoms with Crippen molar-refractivity contribution >= 4 is 5.97 Å². The van der Waals surface area contributed by atoms with Crippen LogP contribution < -0.4 is 4.74 Å². The van der Waals surface area contributed by atoms with E-state index in [1.54, 1.807) is 0 Å². The second-order valence-electron chi connectivity index (χ2n) is 3.97. The summed E-state index contributed by atoms with van der Waals surface area (Å²) in [6.45, 7) is 6.08. The van der Waals surface area contributed by atoms with Crippen LogP contribution in [0.25, 0.3) is 0 Å². The second-order valence-corrected chi connectivity index (χ2v) is 3.97. The highest BCUT2D eigenvalue weighted by atomic mass is 16.5. The van der Waals surface area contributed by atoms with Crippen molar-refractivity contribution in [1.29, 1.82) is 0 Å². The van der Waals surface area contributed by atoms with Crippen LogP contribution in [0.2, 0.25) is 0 Å². The van der Waals surface area contributed by atoms with E-state index >= 15 is 0 Å². The summed E-state index contributed by atoms with van der Waals surface area (Å²) in [6, 6.07) is 5.96. The molecule has 0 fully saturated rings. The Balaban J connectivity index is 2.36. The van der Waals surface area contributed by atoms with Gasteiger partial charge in [0.2, 0.25) is 0 Å². The molecule has 94 valence electrons. The molecule has 0 aliphatic rings. The molecule has 0 aliphatic heterocycles. The number of carboxylic acids is 1. The molecule has 17 heavy (non-hydrogen) atoms. The lowest BCUT2D eigenvalue weighted by Crippen LogP contribution is -2.22. The Hall–Kier alpha value is -1.55. The van der Waals surface area contributed by atoms with E-state index in [1.165, 1.54) is 6.92 Å². The molecule has 0 radical (unpaired) electrons. The molecule has 4 heteroatoms. The minimum Gasteiger partial charge on any atom is -0.491 e. The first-order valence-electron chi connectivity index (χ1n) is 5.55. The predicted molar refractivity (Wildman–Crippen MR) is 64.5 cm³/mol. The zero-order chi connectivity index (χ0) is 12.8. The van der Waals surface area contributed by atoms with E-state index in [-0.39, 0.29) is 6.61 Å². The molecule has 0 saturated carbocycles. The zero-order valence-electron chi connectivity index (χ0n) is 10.4. The average molecular weight is 238 g/mol. The Kier molecular flexibility index (Phi) is 4.97. The molecular weight excluding hydrogens is 220 g/mol. The van der Waals surface area contributed by atoms with E-state index in [4.69, 9.17) is 14.6 Å². The van der Waals surface area contributed by atoms with E-state index in [9.17, 15) is 4.79 Å². The zero-order valence-corrected chi connectivity index (χ0v) is 10.4. The highest BCUT2D eigenvalue weighted by Gasteiger charge is 2.10. The van der Waals surface area contributed by atoms with Gasteiger partial charge in [0, 0.05) is 0 Å². The van der Waals surface area contributed by atoms with E-state index < -0.39 is 12.1 Å². The summed E-state index contributed by atoms with van der Waals surface area (Å²) in [5.74, 6) is -0.145. The van der Waals surface area contributed by atoms with Gasteiger partial charge in [-0.1, -0.05) is 12.1 Å². The molecule has 0 bridgehead atoms. The van der Waals surface area contributed by atoms with Gasteiger partial charge in [-0.25, -0.2) is 4.79 Å². The van der Waals surface area contributed by atoms with Gasteiger partial charge in [-0.15, -0.1) is 0 Å². The Bertz CT molecular complexity index is 387. The molecule has 0 aromatic heterocycles. The summed E-state index contributed by atoms with van der Waals surface area (Å²) in [5, 5.41) is 8.61. The van der Waals surface area contributed by atoms with E-state index in [2.05, 4.69) is 0 Å². The Labute approximate surface area is 101 Å². The number of hydrogen-bond acceptors (Lipinski definition) is 3. The third kappa shape index (κ3) is 4.44. The van der Waals surface area contributed by atoms with Crippen LogP contribution in [0.4, 0.5) is 0 Å². The summed E-state index contributed by atoms with van der Waals surface area (Å²) in [6.07, 6.45) is -0.794. The van der Waals surface area contributed by atoms with Gasteiger partial charge in [-0.3, -0.25) is 0 Å². The van der Waals surface area contributed by atoms with Crippen LogP contribution in [0, 0.1) is 13.8 Å². The maximum atomic E-state index is 10.5. The fraction of sp³-hybridized carbons (Fsp3) is 0.462. The van der Waals surface area contributed by atoms with E-state index in [1.807, 2.05) is 32.0 Å². The molecule has 4 nitrogen and oxygen atoms in total. The molecule has 0 aliphatic carbocycles. The number of aryl methyl sites for hydroxylation is 2. The maximum Gasteiger partial charge on any atom is 0.332 e. The molecule has 0 unspecified atom stereocenters. The SMILES string of the molecule is Cc1ccc(C)c(OCCO[C@H](C)C(=O)O)c1. The maximum absolute atomic E-state index is 10.5. The first kappa shape index (κ1) is 13.5. The summed E-state index contributed by atoms with van der Waals surface area (Å²) < 4.78 is 10.6. The minimum absolute atomic E-state index is 0.265. The molecular formula is C13H18O4. The standard InChI is InChI=1S/C13H18O4/c1-9-4-5-10(2)12(8-9)17-7-6-16-11(3)13(14)15/h4-5,8,11H,6-7H2,1-3H3,(H,14,15)/t11-/m1/s1. The van der Waals surface area contributed by atoms with Gasteiger partial charge in [-0.2, -0.15) is 0 Å². The normalized spacial score (nSPS) is 12.2. The van der Waals surface area contributed by atoms with E-state index in [0.717, 1.165) is 16.9 Å². The van der Waals surface area contributed by atoms with Crippen LogP contribution in [0.3, 0.4) is 0 Å². The quantitative estimate of drug-likeness (QED) is 0.772. The van der Waals surface area contributed by atoms with Crippen molar-refractivity contribution in [3.05, 3.63) is 29.3 Å². The minimum atomic E-state index is -0.961. The Morgan fingerprint density at radius 2 is 2.06 bits per heavy atom. The predicted octanol–water partition coefficient (Wildman–Crippen LogP) is 2.17. The fourth-order valence-corrected chi connectivity index (χ4v) is 1.31. The lowest BCUT2D eigenvalue weighted by molar-refractivity contribution is -0.149. The van der Waals surface area contributed by atoms with Gasteiger partial charge in [0.25, 0.3) is 0 Å². The molecule has 0 amide bonds. The van der Waals surface area contributed by atoms with Crippen molar-refractivity contribution in [1.82, 2.24) is 0 Å². The molecule has 1 aromatic rings. The largest absolute Gasteiger partial charge is 0.491 e. The molecule has 0 spiro atoms. The molecule has 1 aromatic carbocycles. The van der Waals surface area contributed by atoms with Crippen LogP contribution in [0.15, 0.2) is 18.2 Å². The van der Waals surface area contributed by atoms with Gasteiger partial charge >= 0.3 is 5.97 Å². The first-order chi connectivity index (χ1) is 8.00. The molecule has 0 heterocycles. The summed E-state index contributed by atoms with van der Waals surface area (Å²) >= 11 is 0. The number of carbonyl (C=O) groups is 1.